The summed E-state index contributed by atoms with van der Waals surface area (Å²) < 4.78 is 41.3. The highest BCUT2D eigenvalue weighted by atomic mass is 19.4. The number of carbonyl (C=O) groups excluding carboxylic acids is 2. The summed E-state index contributed by atoms with van der Waals surface area (Å²) in [7, 11) is 0. The average molecular weight is 228 g/mol. The van der Waals surface area contributed by atoms with Gasteiger partial charge in [0.1, 0.15) is 6.29 Å². The molecule has 0 aliphatic heterocycles. The Morgan fingerprint density at radius 1 is 1.53 bits per heavy atom. The van der Waals surface area contributed by atoms with Crippen molar-refractivity contribution in [3.05, 3.63) is 0 Å². The van der Waals surface area contributed by atoms with Gasteiger partial charge in [-0.15, -0.1) is 0 Å². The van der Waals surface area contributed by atoms with Crippen LogP contribution in [0.3, 0.4) is 0 Å². The van der Waals surface area contributed by atoms with Crippen molar-refractivity contribution in [3.8, 4) is 0 Å². The number of alkyl halides is 3. The number of esters is 1. The lowest BCUT2D eigenvalue weighted by Crippen LogP contribution is -2.58. The van der Waals surface area contributed by atoms with Gasteiger partial charge in [0.15, 0.2) is 0 Å². The van der Waals surface area contributed by atoms with E-state index in [9.17, 15) is 27.9 Å². The van der Waals surface area contributed by atoms with Crippen molar-refractivity contribution >= 4 is 12.3 Å². The Balaban J connectivity index is 5.21. The third kappa shape index (κ3) is 2.47. The number of carbonyl (C=O) groups is 2. The maximum Gasteiger partial charge on any atom is 0.428 e. The van der Waals surface area contributed by atoms with E-state index in [2.05, 4.69) is 4.74 Å². The maximum atomic E-state index is 12.4. The maximum absolute atomic E-state index is 12.4. The topological polar surface area (TPSA) is 63.6 Å². The van der Waals surface area contributed by atoms with Crippen LogP contribution in [-0.4, -0.2) is 35.7 Å². The van der Waals surface area contributed by atoms with Crippen LogP contribution in [0.2, 0.25) is 0 Å². The molecule has 0 spiro atoms. The van der Waals surface area contributed by atoms with Gasteiger partial charge in [0.05, 0.1) is 12.5 Å². The molecule has 0 amide bonds. The molecule has 0 heterocycles. The molecule has 0 aromatic rings. The van der Waals surface area contributed by atoms with E-state index in [0.717, 1.165) is 6.92 Å². The first-order valence-electron chi connectivity index (χ1n) is 4.13. The Kier molecular flexibility index (Phi) is 4.27. The number of aliphatic hydroxyl groups is 1. The molecule has 2 atom stereocenters. The average Bonchev–Trinajstić information content (AvgIpc) is 2.13. The number of aldehydes is 1. The van der Waals surface area contributed by atoms with Crippen molar-refractivity contribution in [2.24, 2.45) is 5.92 Å². The summed E-state index contributed by atoms with van der Waals surface area (Å²) in [5.41, 5.74) is -3.77. The van der Waals surface area contributed by atoms with Crippen LogP contribution >= 0.6 is 0 Å². The largest absolute Gasteiger partial charge is 0.464 e. The van der Waals surface area contributed by atoms with Gasteiger partial charge in [0.25, 0.3) is 5.60 Å². The molecule has 1 N–H and O–H groups in total. The molecular weight excluding hydrogens is 217 g/mol. The van der Waals surface area contributed by atoms with E-state index in [-0.39, 0.29) is 12.9 Å². The molecule has 0 bridgehead atoms. The predicted octanol–water partition coefficient (Wildman–Crippen LogP) is 0.678. The molecule has 0 unspecified atom stereocenters. The van der Waals surface area contributed by atoms with Crippen molar-refractivity contribution in [2.45, 2.75) is 25.6 Å². The van der Waals surface area contributed by atoms with Crippen LogP contribution in [0, 0.1) is 5.92 Å². The van der Waals surface area contributed by atoms with E-state index in [1.165, 1.54) is 6.92 Å². The van der Waals surface area contributed by atoms with Crippen molar-refractivity contribution in [2.75, 3.05) is 6.61 Å². The highest BCUT2D eigenvalue weighted by Crippen LogP contribution is 2.36. The third-order valence-electron chi connectivity index (χ3n) is 1.88. The van der Waals surface area contributed by atoms with Crippen molar-refractivity contribution < 1.29 is 32.6 Å². The molecule has 4 nitrogen and oxygen atoms in total. The van der Waals surface area contributed by atoms with E-state index in [1.54, 1.807) is 0 Å². The summed E-state index contributed by atoms with van der Waals surface area (Å²) in [6, 6.07) is 0. The lowest BCUT2D eigenvalue weighted by molar-refractivity contribution is -0.273. The van der Waals surface area contributed by atoms with Gasteiger partial charge in [-0.2, -0.15) is 13.2 Å². The molecule has 0 saturated heterocycles. The van der Waals surface area contributed by atoms with Gasteiger partial charge in [-0.3, -0.25) is 0 Å². The van der Waals surface area contributed by atoms with Crippen LogP contribution in [-0.2, 0) is 14.3 Å². The van der Waals surface area contributed by atoms with Gasteiger partial charge in [0.2, 0.25) is 0 Å². The number of hydrogen-bond donors (Lipinski definition) is 1. The third-order valence-corrected chi connectivity index (χ3v) is 1.88. The van der Waals surface area contributed by atoms with E-state index in [0.29, 0.717) is 0 Å². The molecule has 15 heavy (non-hydrogen) atoms. The molecule has 0 radical (unpaired) electrons. The fourth-order valence-corrected chi connectivity index (χ4v) is 0.899. The lowest BCUT2D eigenvalue weighted by Gasteiger charge is -2.30. The van der Waals surface area contributed by atoms with Crippen molar-refractivity contribution in [1.29, 1.82) is 0 Å². The van der Waals surface area contributed by atoms with Crippen LogP contribution < -0.4 is 0 Å². The molecule has 0 aromatic carbocycles. The molecule has 0 rings (SSSR count). The highest BCUT2D eigenvalue weighted by molar-refractivity contribution is 5.84. The zero-order valence-corrected chi connectivity index (χ0v) is 8.17. The van der Waals surface area contributed by atoms with Gasteiger partial charge in [-0.05, 0) is 6.92 Å². The summed E-state index contributed by atoms with van der Waals surface area (Å²) in [5, 5.41) is 9.19. The second-order valence-electron chi connectivity index (χ2n) is 2.91. The Morgan fingerprint density at radius 3 is 2.27 bits per heavy atom. The minimum absolute atomic E-state index is 0.148. The minimum Gasteiger partial charge on any atom is -0.464 e. The zero-order chi connectivity index (χ0) is 12.3. The smallest absolute Gasteiger partial charge is 0.428 e. The quantitative estimate of drug-likeness (QED) is 0.567. The molecule has 0 aromatic heterocycles. The molecule has 0 fully saturated rings. The van der Waals surface area contributed by atoms with E-state index < -0.39 is 23.7 Å². The van der Waals surface area contributed by atoms with Crippen LogP contribution in [0.5, 0.6) is 0 Å². The fraction of sp³-hybridized carbons (Fsp3) is 0.750. The second kappa shape index (κ2) is 4.61. The molecule has 88 valence electrons. The monoisotopic (exact) mass is 228 g/mol. The molecular formula is C8H11F3O4. The van der Waals surface area contributed by atoms with Gasteiger partial charge < -0.3 is 14.6 Å². The number of hydrogen-bond acceptors (Lipinski definition) is 4. The second-order valence-corrected chi connectivity index (χ2v) is 2.91. The first-order valence-corrected chi connectivity index (χ1v) is 4.13. The van der Waals surface area contributed by atoms with Crippen LogP contribution in [0.4, 0.5) is 13.2 Å². The first kappa shape index (κ1) is 13.9. The van der Waals surface area contributed by atoms with E-state index in [4.69, 9.17) is 0 Å². The molecule has 0 saturated carbocycles. The SMILES string of the molecule is CCOC(=O)[C@](O)([C@H](C)C=O)C(F)(F)F. The number of ether oxygens (including phenoxy) is 1. The summed E-state index contributed by atoms with van der Waals surface area (Å²) in [5.74, 6) is -3.78. The Morgan fingerprint density at radius 2 is 2.00 bits per heavy atom. The normalized spacial score (nSPS) is 17.7. The van der Waals surface area contributed by atoms with E-state index >= 15 is 0 Å². The van der Waals surface area contributed by atoms with E-state index in [1.807, 2.05) is 0 Å². The van der Waals surface area contributed by atoms with Crippen LogP contribution in [0.25, 0.3) is 0 Å². The van der Waals surface area contributed by atoms with Crippen molar-refractivity contribution in [3.63, 3.8) is 0 Å². The van der Waals surface area contributed by atoms with Gasteiger partial charge in [0, 0.05) is 0 Å². The fourth-order valence-electron chi connectivity index (χ4n) is 0.899. The van der Waals surface area contributed by atoms with Crippen molar-refractivity contribution in [1.82, 2.24) is 0 Å². The van der Waals surface area contributed by atoms with Gasteiger partial charge >= 0.3 is 12.1 Å². The van der Waals surface area contributed by atoms with Gasteiger partial charge in [-0.25, -0.2) is 4.79 Å². The Labute approximate surface area is 84.0 Å². The zero-order valence-electron chi connectivity index (χ0n) is 8.17. The predicted molar refractivity (Wildman–Crippen MR) is 42.9 cm³/mol. The Hall–Kier alpha value is -1.11. The van der Waals surface area contributed by atoms with Crippen LogP contribution in [0.15, 0.2) is 0 Å². The molecule has 0 aliphatic carbocycles. The summed E-state index contributed by atoms with van der Waals surface area (Å²) >= 11 is 0. The summed E-state index contributed by atoms with van der Waals surface area (Å²) in [6.07, 6.45) is -5.40. The minimum atomic E-state index is -5.25. The lowest BCUT2D eigenvalue weighted by atomic mass is 9.89. The molecule has 7 heteroatoms. The number of rotatable bonds is 4. The van der Waals surface area contributed by atoms with Gasteiger partial charge in [-0.1, -0.05) is 6.92 Å². The summed E-state index contributed by atoms with van der Waals surface area (Å²) in [4.78, 5) is 21.2. The summed E-state index contributed by atoms with van der Waals surface area (Å²) in [6.45, 7) is 1.76. The Bertz CT molecular complexity index is 251. The van der Waals surface area contributed by atoms with Crippen LogP contribution in [0.1, 0.15) is 13.8 Å². The highest BCUT2D eigenvalue weighted by Gasteiger charge is 2.64. The standard InChI is InChI=1S/C8H11F3O4/c1-3-15-6(13)7(14,5(2)4-12)8(9,10)11/h4-5,14H,3H2,1-2H3/t5-,7-/m1/s1. The first-order chi connectivity index (χ1) is 6.71. The number of halogens is 3. The molecule has 0 aliphatic rings.